The Morgan fingerprint density at radius 3 is 2.62 bits per heavy atom. The summed E-state index contributed by atoms with van der Waals surface area (Å²) in [5.74, 6) is 1.95. The maximum absolute atomic E-state index is 5.80. The smallest absolute Gasteiger partial charge is 0.193 e. The Balaban J connectivity index is 1.73. The molecule has 0 atom stereocenters. The molecule has 3 rings (SSSR count). The molecule has 2 heterocycles. The lowest BCUT2D eigenvalue weighted by Crippen LogP contribution is -2.51. The van der Waals surface area contributed by atoms with Gasteiger partial charge in [-0.05, 0) is 45.6 Å². The van der Waals surface area contributed by atoms with Crippen LogP contribution in [0.4, 0.5) is 0 Å². The quantitative estimate of drug-likeness (QED) is 0.584. The standard InChI is InChI=1S/C23H37N3O3/c1-5-29-19-8-12-26(13-9-19)22(24-3)25-17-23(10-14-28-15-11-23)20-16-18(2)6-7-21(20)27-4/h6-7,16,19H,5,8-15,17H2,1-4H3,(H,24,25). The summed E-state index contributed by atoms with van der Waals surface area (Å²) in [6.45, 7) is 9.34. The van der Waals surface area contributed by atoms with Crippen molar-refractivity contribution < 1.29 is 14.2 Å². The van der Waals surface area contributed by atoms with E-state index >= 15 is 0 Å². The zero-order chi connectivity index (χ0) is 20.7. The van der Waals surface area contributed by atoms with Crippen LogP contribution in [0.3, 0.4) is 0 Å². The zero-order valence-corrected chi connectivity index (χ0v) is 18.5. The third-order valence-electron chi connectivity index (χ3n) is 6.32. The Bertz CT molecular complexity index is 678. The number of nitrogens with zero attached hydrogens (tertiary/aromatic N) is 2. The molecule has 2 aliphatic heterocycles. The average Bonchev–Trinajstić information content (AvgIpc) is 2.76. The molecule has 0 saturated carbocycles. The van der Waals surface area contributed by atoms with Crippen molar-refractivity contribution in [1.29, 1.82) is 0 Å². The van der Waals surface area contributed by atoms with Gasteiger partial charge in [-0.15, -0.1) is 0 Å². The number of hydrogen-bond donors (Lipinski definition) is 1. The second kappa shape index (κ2) is 10.3. The molecule has 0 amide bonds. The number of nitrogens with one attached hydrogen (secondary N) is 1. The van der Waals surface area contributed by atoms with Crippen molar-refractivity contribution in [1.82, 2.24) is 10.2 Å². The number of rotatable bonds is 6. The molecule has 1 N–H and O–H groups in total. The van der Waals surface area contributed by atoms with Gasteiger partial charge in [-0.1, -0.05) is 17.7 Å². The van der Waals surface area contributed by atoms with E-state index in [1.807, 2.05) is 7.05 Å². The van der Waals surface area contributed by atoms with Gasteiger partial charge in [0.25, 0.3) is 0 Å². The average molecular weight is 404 g/mol. The molecule has 0 aliphatic carbocycles. The number of guanidine groups is 1. The number of benzene rings is 1. The first-order valence-corrected chi connectivity index (χ1v) is 10.9. The van der Waals surface area contributed by atoms with Crippen LogP contribution >= 0.6 is 0 Å². The topological polar surface area (TPSA) is 55.3 Å². The minimum Gasteiger partial charge on any atom is -0.496 e. The Kier molecular flexibility index (Phi) is 7.78. The number of piperidine rings is 1. The number of methoxy groups -OCH3 is 1. The number of aliphatic imine (C=N–C) groups is 1. The van der Waals surface area contributed by atoms with Crippen molar-refractivity contribution in [3.05, 3.63) is 29.3 Å². The fourth-order valence-electron chi connectivity index (χ4n) is 4.59. The normalized spacial score (nSPS) is 20.6. The van der Waals surface area contributed by atoms with Crippen molar-refractivity contribution >= 4 is 5.96 Å². The van der Waals surface area contributed by atoms with Crippen molar-refractivity contribution in [3.63, 3.8) is 0 Å². The first-order chi connectivity index (χ1) is 14.1. The van der Waals surface area contributed by atoms with Gasteiger partial charge in [0, 0.05) is 57.5 Å². The monoisotopic (exact) mass is 403 g/mol. The van der Waals surface area contributed by atoms with Gasteiger partial charge in [0.05, 0.1) is 13.2 Å². The van der Waals surface area contributed by atoms with E-state index in [4.69, 9.17) is 14.2 Å². The molecule has 6 nitrogen and oxygen atoms in total. The molecule has 0 bridgehead atoms. The number of hydrogen-bond acceptors (Lipinski definition) is 4. The minimum absolute atomic E-state index is 0.0187. The maximum Gasteiger partial charge on any atom is 0.193 e. The first kappa shape index (κ1) is 21.9. The van der Waals surface area contributed by atoms with Gasteiger partial charge in [0.15, 0.2) is 5.96 Å². The highest BCUT2D eigenvalue weighted by atomic mass is 16.5. The van der Waals surface area contributed by atoms with Crippen LogP contribution in [-0.4, -0.2) is 70.6 Å². The number of likely N-dealkylation sites (tertiary alicyclic amines) is 1. The zero-order valence-electron chi connectivity index (χ0n) is 18.5. The van der Waals surface area contributed by atoms with Crippen LogP contribution in [-0.2, 0) is 14.9 Å². The molecule has 162 valence electrons. The minimum atomic E-state index is -0.0187. The van der Waals surface area contributed by atoms with Gasteiger partial charge >= 0.3 is 0 Å². The predicted molar refractivity (Wildman–Crippen MR) is 117 cm³/mol. The molecular formula is C23H37N3O3. The third kappa shape index (κ3) is 5.23. The molecule has 0 aromatic heterocycles. The van der Waals surface area contributed by atoms with Crippen molar-refractivity contribution in [2.75, 3.05) is 53.6 Å². The highest BCUT2D eigenvalue weighted by Gasteiger charge is 2.37. The summed E-state index contributed by atoms with van der Waals surface area (Å²) in [5.41, 5.74) is 2.52. The molecule has 6 heteroatoms. The van der Waals surface area contributed by atoms with Crippen LogP contribution in [0.1, 0.15) is 43.7 Å². The Labute approximate surface area is 175 Å². The summed E-state index contributed by atoms with van der Waals surface area (Å²) in [5, 5.41) is 3.69. The Hall–Kier alpha value is -1.79. The van der Waals surface area contributed by atoms with Crippen LogP contribution in [0, 0.1) is 6.92 Å². The van der Waals surface area contributed by atoms with Gasteiger partial charge in [-0.25, -0.2) is 0 Å². The third-order valence-corrected chi connectivity index (χ3v) is 6.32. The summed E-state index contributed by atoms with van der Waals surface area (Å²) in [6, 6.07) is 6.49. The summed E-state index contributed by atoms with van der Waals surface area (Å²) in [6.07, 6.45) is 4.44. The van der Waals surface area contributed by atoms with Gasteiger partial charge in [0.2, 0.25) is 0 Å². The van der Waals surface area contributed by atoms with E-state index < -0.39 is 0 Å². The van der Waals surface area contributed by atoms with Crippen molar-refractivity contribution in [2.45, 2.75) is 51.0 Å². The van der Waals surface area contributed by atoms with Crippen molar-refractivity contribution in [3.8, 4) is 5.75 Å². The van der Waals surface area contributed by atoms with E-state index in [1.54, 1.807) is 7.11 Å². The fourth-order valence-corrected chi connectivity index (χ4v) is 4.59. The summed E-state index contributed by atoms with van der Waals surface area (Å²) in [7, 11) is 3.64. The molecule has 2 fully saturated rings. The van der Waals surface area contributed by atoms with E-state index in [2.05, 4.69) is 47.3 Å². The maximum atomic E-state index is 5.80. The molecule has 0 spiro atoms. The molecule has 2 aliphatic rings. The number of ether oxygens (including phenoxy) is 3. The molecule has 2 saturated heterocycles. The van der Waals surface area contributed by atoms with Crippen LogP contribution in [0.15, 0.2) is 23.2 Å². The van der Waals surface area contributed by atoms with Gasteiger partial charge in [0.1, 0.15) is 5.75 Å². The highest BCUT2D eigenvalue weighted by molar-refractivity contribution is 5.80. The van der Waals surface area contributed by atoms with E-state index in [0.29, 0.717) is 6.10 Å². The molecule has 1 aromatic carbocycles. The molecule has 29 heavy (non-hydrogen) atoms. The largest absolute Gasteiger partial charge is 0.496 e. The lowest BCUT2D eigenvalue weighted by molar-refractivity contribution is 0.0259. The van der Waals surface area contributed by atoms with Crippen LogP contribution in [0.2, 0.25) is 0 Å². The Morgan fingerprint density at radius 1 is 1.28 bits per heavy atom. The summed E-state index contributed by atoms with van der Waals surface area (Å²) < 4.78 is 17.2. The van der Waals surface area contributed by atoms with E-state index in [1.165, 1.54) is 11.1 Å². The second-order valence-electron chi connectivity index (χ2n) is 8.14. The second-order valence-corrected chi connectivity index (χ2v) is 8.14. The molecular weight excluding hydrogens is 366 g/mol. The van der Waals surface area contributed by atoms with Crippen LogP contribution < -0.4 is 10.1 Å². The predicted octanol–water partition coefficient (Wildman–Crippen LogP) is 3.13. The molecule has 0 unspecified atom stereocenters. The highest BCUT2D eigenvalue weighted by Crippen LogP contribution is 2.40. The van der Waals surface area contributed by atoms with Gasteiger partial charge < -0.3 is 24.4 Å². The molecule has 1 aromatic rings. The lowest BCUT2D eigenvalue weighted by Gasteiger charge is -2.40. The van der Waals surface area contributed by atoms with E-state index in [0.717, 1.165) is 76.8 Å². The summed E-state index contributed by atoms with van der Waals surface area (Å²) in [4.78, 5) is 6.94. The van der Waals surface area contributed by atoms with Crippen molar-refractivity contribution in [2.24, 2.45) is 4.99 Å². The van der Waals surface area contributed by atoms with E-state index in [9.17, 15) is 0 Å². The first-order valence-electron chi connectivity index (χ1n) is 10.9. The van der Waals surface area contributed by atoms with Crippen LogP contribution in [0.25, 0.3) is 0 Å². The number of aryl methyl sites for hydroxylation is 1. The lowest BCUT2D eigenvalue weighted by atomic mass is 9.73. The molecule has 0 radical (unpaired) electrons. The Morgan fingerprint density at radius 2 is 2.00 bits per heavy atom. The van der Waals surface area contributed by atoms with E-state index in [-0.39, 0.29) is 5.41 Å². The van der Waals surface area contributed by atoms with Gasteiger partial charge in [-0.3, -0.25) is 4.99 Å². The summed E-state index contributed by atoms with van der Waals surface area (Å²) >= 11 is 0. The SMILES string of the molecule is CCOC1CCN(C(=NC)NCC2(c3cc(C)ccc3OC)CCOCC2)CC1. The fraction of sp³-hybridized carbons (Fsp3) is 0.696. The van der Waals surface area contributed by atoms with Gasteiger partial charge in [-0.2, -0.15) is 0 Å². The van der Waals surface area contributed by atoms with Crippen LogP contribution in [0.5, 0.6) is 5.75 Å².